The van der Waals surface area contributed by atoms with Gasteiger partial charge in [0.25, 0.3) is 0 Å². The number of hydrogen-bond acceptors (Lipinski definition) is 3. The number of nitrogens with two attached hydrogens (primary N) is 1. The molecule has 1 aromatic rings. The van der Waals surface area contributed by atoms with Crippen molar-refractivity contribution < 1.29 is 4.74 Å². The maximum absolute atomic E-state index is 5.68. The van der Waals surface area contributed by atoms with Crippen molar-refractivity contribution in [2.45, 2.75) is 6.92 Å². The molecular weight excluding hydrogens is 164 g/mol. The summed E-state index contributed by atoms with van der Waals surface area (Å²) in [7, 11) is 3.94. The molecule has 0 atom stereocenters. The van der Waals surface area contributed by atoms with Gasteiger partial charge in [0.2, 0.25) is 0 Å². The molecule has 0 bridgehead atoms. The molecule has 72 valence electrons. The van der Waals surface area contributed by atoms with Gasteiger partial charge in [-0.15, -0.1) is 0 Å². The Labute approximate surface area is 79.1 Å². The predicted molar refractivity (Wildman–Crippen MR) is 56.4 cm³/mol. The van der Waals surface area contributed by atoms with E-state index < -0.39 is 0 Å². The Hall–Kier alpha value is -1.38. The highest BCUT2D eigenvalue weighted by Crippen LogP contribution is 2.28. The molecule has 0 saturated carbocycles. The van der Waals surface area contributed by atoms with E-state index in [0.29, 0.717) is 6.61 Å². The highest BCUT2D eigenvalue weighted by atomic mass is 16.5. The molecule has 0 saturated heterocycles. The second kappa shape index (κ2) is 4.03. The van der Waals surface area contributed by atoms with Crippen molar-refractivity contribution in [3.8, 4) is 5.75 Å². The highest BCUT2D eigenvalue weighted by molar-refractivity contribution is 5.64. The van der Waals surface area contributed by atoms with Crippen molar-refractivity contribution in [3.63, 3.8) is 0 Å². The fraction of sp³-hybridized carbons (Fsp3) is 0.400. The molecule has 0 aromatic heterocycles. The average molecular weight is 180 g/mol. The van der Waals surface area contributed by atoms with Crippen LogP contribution in [-0.4, -0.2) is 20.7 Å². The molecule has 3 nitrogen and oxygen atoms in total. The fourth-order valence-electron chi connectivity index (χ4n) is 1.16. The zero-order chi connectivity index (χ0) is 9.84. The summed E-state index contributed by atoms with van der Waals surface area (Å²) in [5.41, 5.74) is 7.45. The molecule has 0 radical (unpaired) electrons. The van der Waals surface area contributed by atoms with Crippen LogP contribution in [0.1, 0.15) is 6.92 Å². The third kappa shape index (κ3) is 2.28. The highest BCUT2D eigenvalue weighted by Gasteiger charge is 2.04. The van der Waals surface area contributed by atoms with Gasteiger partial charge < -0.3 is 15.4 Å². The summed E-state index contributed by atoms with van der Waals surface area (Å²) >= 11 is 0. The minimum absolute atomic E-state index is 0.671. The summed E-state index contributed by atoms with van der Waals surface area (Å²) in [6.45, 7) is 2.64. The number of ether oxygens (including phenoxy) is 1. The zero-order valence-corrected chi connectivity index (χ0v) is 8.37. The SMILES string of the molecule is CCOc1ccc(N)cc1N(C)C. The summed E-state index contributed by atoms with van der Waals surface area (Å²) in [6.07, 6.45) is 0. The van der Waals surface area contributed by atoms with Crippen molar-refractivity contribution in [3.05, 3.63) is 18.2 Å². The maximum atomic E-state index is 5.68. The Kier molecular flexibility index (Phi) is 3.01. The molecule has 0 aliphatic carbocycles. The van der Waals surface area contributed by atoms with E-state index >= 15 is 0 Å². The third-order valence-corrected chi connectivity index (χ3v) is 1.76. The van der Waals surface area contributed by atoms with E-state index in [1.54, 1.807) is 0 Å². The van der Waals surface area contributed by atoms with Gasteiger partial charge in [0.1, 0.15) is 5.75 Å². The van der Waals surface area contributed by atoms with E-state index in [0.717, 1.165) is 17.1 Å². The van der Waals surface area contributed by atoms with Gasteiger partial charge in [-0.2, -0.15) is 0 Å². The van der Waals surface area contributed by atoms with Crippen LogP contribution < -0.4 is 15.4 Å². The van der Waals surface area contributed by atoms with Crippen molar-refractivity contribution >= 4 is 11.4 Å². The monoisotopic (exact) mass is 180 g/mol. The predicted octanol–water partition coefficient (Wildman–Crippen LogP) is 1.73. The van der Waals surface area contributed by atoms with Crippen LogP contribution in [0.3, 0.4) is 0 Å². The molecule has 0 heterocycles. The molecular formula is C10H16N2O. The second-order valence-electron chi connectivity index (χ2n) is 3.05. The molecule has 0 spiro atoms. The lowest BCUT2D eigenvalue weighted by Crippen LogP contribution is -2.11. The largest absolute Gasteiger partial charge is 0.492 e. The van der Waals surface area contributed by atoms with Gasteiger partial charge in [-0.3, -0.25) is 0 Å². The van der Waals surface area contributed by atoms with Gasteiger partial charge in [-0.1, -0.05) is 0 Å². The van der Waals surface area contributed by atoms with Crippen LogP contribution in [0.15, 0.2) is 18.2 Å². The first kappa shape index (κ1) is 9.71. The van der Waals surface area contributed by atoms with Crippen molar-refractivity contribution in [2.24, 2.45) is 0 Å². The normalized spacial score (nSPS) is 9.77. The zero-order valence-electron chi connectivity index (χ0n) is 8.37. The molecule has 0 fully saturated rings. The van der Waals surface area contributed by atoms with Gasteiger partial charge in [-0.05, 0) is 25.1 Å². The summed E-state index contributed by atoms with van der Waals surface area (Å²) in [4.78, 5) is 1.99. The quantitative estimate of drug-likeness (QED) is 0.720. The maximum Gasteiger partial charge on any atom is 0.142 e. The van der Waals surface area contributed by atoms with Crippen LogP contribution in [0.5, 0.6) is 5.75 Å². The first-order chi connectivity index (χ1) is 6.15. The topological polar surface area (TPSA) is 38.5 Å². The summed E-state index contributed by atoms with van der Waals surface area (Å²) in [5.74, 6) is 0.877. The van der Waals surface area contributed by atoms with E-state index in [9.17, 15) is 0 Å². The van der Waals surface area contributed by atoms with E-state index in [4.69, 9.17) is 10.5 Å². The van der Waals surface area contributed by atoms with Crippen LogP contribution in [0, 0.1) is 0 Å². The Morgan fingerprint density at radius 3 is 2.62 bits per heavy atom. The Bertz CT molecular complexity index is 284. The first-order valence-electron chi connectivity index (χ1n) is 4.34. The van der Waals surface area contributed by atoms with Gasteiger partial charge in [0.15, 0.2) is 0 Å². The molecule has 0 amide bonds. The molecule has 2 N–H and O–H groups in total. The smallest absolute Gasteiger partial charge is 0.142 e. The van der Waals surface area contributed by atoms with Gasteiger partial charge in [0, 0.05) is 19.8 Å². The van der Waals surface area contributed by atoms with E-state index in [1.165, 1.54) is 0 Å². The number of anilines is 2. The molecule has 3 heteroatoms. The summed E-state index contributed by atoms with van der Waals surface area (Å²) in [5, 5.41) is 0. The lowest BCUT2D eigenvalue weighted by Gasteiger charge is -2.17. The minimum Gasteiger partial charge on any atom is -0.492 e. The third-order valence-electron chi connectivity index (χ3n) is 1.76. The first-order valence-corrected chi connectivity index (χ1v) is 4.34. The van der Waals surface area contributed by atoms with Crippen molar-refractivity contribution in [2.75, 3.05) is 31.3 Å². The number of benzene rings is 1. The number of nitrogens with zero attached hydrogens (tertiary/aromatic N) is 1. The molecule has 0 unspecified atom stereocenters. The van der Waals surface area contributed by atoms with Crippen LogP contribution in [0.25, 0.3) is 0 Å². The molecule has 1 rings (SSSR count). The van der Waals surface area contributed by atoms with Crippen LogP contribution in [0.2, 0.25) is 0 Å². The van der Waals surface area contributed by atoms with Crippen LogP contribution in [0.4, 0.5) is 11.4 Å². The van der Waals surface area contributed by atoms with Crippen molar-refractivity contribution in [1.82, 2.24) is 0 Å². The van der Waals surface area contributed by atoms with Gasteiger partial charge in [-0.25, -0.2) is 0 Å². The minimum atomic E-state index is 0.671. The van der Waals surface area contributed by atoms with E-state index in [-0.39, 0.29) is 0 Å². The lowest BCUT2D eigenvalue weighted by atomic mass is 10.2. The van der Waals surface area contributed by atoms with Crippen molar-refractivity contribution in [1.29, 1.82) is 0 Å². The van der Waals surface area contributed by atoms with Crippen LogP contribution >= 0.6 is 0 Å². The summed E-state index contributed by atoms with van der Waals surface area (Å²) in [6, 6.07) is 5.65. The van der Waals surface area contributed by atoms with Crippen LogP contribution in [-0.2, 0) is 0 Å². The number of rotatable bonds is 3. The van der Waals surface area contributed by atoms with Gasteiger partial charge in [0.05, 0.1) is 12.3 Å². The molecule has 13 heavy (non-hydrogen) atoms. The summed E-state index contributed by atoms with van der Waals surface area (Å²) < 4.78 is 5.46. The Balaban J connectivity index is 3.03. The Morgan fingerprint density at radius 1 is 1.38 bits per heavy atom. The molecule has 0 aliphatic rings. The van der Waals surface area contributed by atoms with E-state index in [1.807, 2.05) is 44.1 Å². The molecule has 0 aliphatic heterocycles. The fourth-order valence-corrected chi connectivity index (χ4v) is 1.16. The lowest BCUT2D eigenvalue weighted by molar-refractivity contribution is 0.341. The number of nitrogen functional groups attached to an aromatic ring is 1. The van der Waals surface area contributed by atoms with E-state index in [2.05, 4.69) is 0 Å². The standard InChI is InChI=1S/C10H16N2O/c1-4-13-10-6-5-8(11)7-9(10)12(2)3/h5-7H,4,11H2,1-3H3. The molecule has 1 aromatic carbocycles. The average Bonchev–Trinajstić information content (AvgIpc) is 2.08. The Morgan fingerprint density at radius 2 is 2.08 bits per heavy atom. The second-order valence-corrected chi connectivity index (χ2v) is 3.05. The number of hydrogen-bond donors (Lipinski definition) is 1. The van der Waals surface area contributed by atoms with Gasteiger partial charge >= 0.3 is 0 Å².